The van der Waals surface area contributed by atoms with E-state index in [0.717, 1.165) is 5.75 Å². The summed E-state index contributed by atoms with van der Waals surface area (Å²) in [4.78, 5) is 10.1. The number of hydrogen-bond acceptors (Lipinski definition) is 4. The molecule has 5 N–H and O–H groups in total. The first-order valence-corrected chi connectivity index (χ1v) is 4.10. The minimum Gasteiger partial charge on any atom is -0.480 e. The lowest BCUT2D eigenvalue weighted by molar-refractivity contribution is -0.137. The van der Waals surface area contributed by atoms with Crippen LogP contribution in [0, 0.1) is 0 Å². The number of thioether (sulfide) groups is 1. The molecule has 0 saturated carbocycles. The number of halogens is 2. The topological polar surface area (TPSA) is 89.3 Å². The molecule has 0 fully saturated rings. The van der Waals surface area contributed by atoms with Gasteiger partial charge in [-0.1, -0.05) is 0 Å². The first-order chi connectivity index (χ1) is 4.68. The van der Waals surface area contributed by atoms with Gasteiger partial charge in [0.2, 0.25) is 0 Å². The molecule has 1 atom stereocenters. The standard InChI is InChI=1S/C5H12N2O2S.2ClH/c6-1-2-10-3-4(7)5(8)9;;/h4H,1-3,6-7H2,(H,8,9);2*1H/t4-;;/m0../s1. The number of aliphatic carboxylic acids is 1. The average molecular weight is 237 g/mol. The molecule has 0 aromatic carbocycles. The van der Waals surface area contributed by atoms with Crippen molar-refractivity contribution in [2.75, 3.05) is 18.1 Å². The van der Waals surface area contributed by atoms with Crippen LogP contribution in [0.15, 0.2) is 0 Å². The SMILES string of the molecule is Cl.Cl.NCCSC[C@H](N)C(=O)O. The molecule has 76 valence electrons. The van der Waals surface area contributed by atoms with Gasteiger partial charge in [0.25, 0.3) is 0 Å². The molecule has 0 aromatic rings. The zero-order chi connectivity index (χ0) is 7.98. The maximum atomic E-state index is 10.1. The van der Waals surface area contributed by atoms with E-state index >= 15 is 0 Å². The van der Waals surface area contributed by atoms with Crippen molar-refractivity contribution in [2.24, 2.45) is 11.5 Å². The van der Waals surface area contributed by atoms with Crippen molar-refractivity contribution in [1.82, 2.24) is 0 Å². The normalized spacial score (nSPS) is 10.8. The minimum atomic E-state index is -0.954. The number of carbonyl (C=O) groups is 1. The second-order valence-corrected chi connectivity index (χ2v) is 2.96. The molecule has 4 nitrogen and oxygen atoms in total. The number of nitrogens with two attached hydrogens (primary N) is 2. The summed E-state index contributed by atoms with van der Waals surface area (Å²) in [7, 11) is 0. The zero-order valence-electron chi connectivity index (χ0n) is 6.43. The van der Waals surface area contributed by atoms with Crippen LogP contribution in [0.2, 0.25) is 0 Å². The summed E-state index contributed by atoms with van der Waals surface area (Å²) in [6, 6.07) is -0.753. The summed E-state index contributed by atoms with van der Waals surface area (Å²) in [6.45, 7) is 0.566. The van der Waals surface area contributed by atoms with Gasteiger partial charge in [0, 0.05) is 18.1 Å². The highest BCUT2D eigenvalue weighted by Crippen LogP contribution is 1.99. The maximum absolute atomic E-state index is 10.1. The third-order valence-corrected chi connectivity index (χ3v) is 2.00. The van der Waals surface area contributed by atoms with Gasteiger partial charge in [0.05, 0.1) is 0 Å². The van der Waals surface area contributed by atoms with Crippen LogP contribution in [-0.4, -0.2) is 35.2 Å². The molecule has 0 rings (SSSR count). The number of carboxylic acid groups (broad SMARTS) is 1. The fraction of sp³-hybridized carbons (Fsp3) is 0.800. The van der Waals surface area contributed by atoms with Gasteiger partial charge in [0.15, 0.2) is 0 Å². The summed E-state index contributed by atoms with van der Waals surface area (Å²) < 4.78 is 0. The van der Waals surface area contributed by atoms with Crippen LogP contribution in [0.3, 0.4) is 0 Å². The smallest absolute Gasteiger partial charge is 0.321 e. The molecular weight excluding hydrogens is 223 g/mol. The number of hydrogen-bond donors (Lipinski definition) is 3. The highest BCUT2D eigenvalue weighted by Gasteiger charge is 2.09. The van der Waals surface area contributed by atoms with E-state index < -0.39 is 12.0 Å². The van der Waals surface area contributed by atoms with E-state index in [2.05, 4.69) is 0 Å². The Balaban J connectivity index is -0.000000405. The Labute approximate surface area is 88.3 Å². The monoisotopic (exact) mass is 236 g/mol. The van der Waals surface area contributed by atoms with Crippen LogP contribution < -0.4 is 11.5 Å². The second kappa shape index (κ2) is 11.3. The third kappa shape index (κ3) is 10.3. The van der Waals surface area contributed by atoms with Crippen molar-refractivity contribution in [3.8, 4) is 0 Å². The van der Waals surface area contributed by atoms with Crippen molar-refractivity contribution < 1.29 is 9.90 Å². The predicted molar refractivity (Wildman–Crippen MR) is 56.5 cm³/mol. The van der Waals surface area contributed by atoms with E-state index in [-0.39, 0.29) is 24.8 Å². The van der Waals surface area contributed by atoms with E-state index in [4.69, 9.17) is 16.6 Å². The van der Waals surface area contributed by atoms with Crippen LogP contribution >= 0.6 is 36.6 Å². The van der Waals surface area contributed by atoms with Gasteiger partial charge in [-0.2, -0.15) is 11.8 Å². The van der Waals surface area contributed by atoms with Crippen LogP contribution in [0.25, 0.3) is 0 Å². The van der Waals surface area contributed by atoms with Crippen molar-refractivity contribution in [3.63, 3.8) is 0 Å². The molecule has 0 aliphatic heterocycles. The molecule has 7 heteroatoms. The predicted octanol–water partition coefficient (Wildman–Crippen LogP) is -0.0662. The summed E-state index contributed by atoms with van der Waals surface area (Å²) in [5.41, 5.74) is 10.4. The highest BCUT2D eigenvalue weighted by molar-refractivity contribution is 7.99. The van der Waals surface area contributed by atoms with Crippen molar-refractivity contribution in [3.05, 3.63) is 0 Å². The first-order valence-electron chi connectivity index (χ1n) is 2.94. The lowest BCUT2D eigenvalue weighted by Gasteiger charge is -2.03. The molecule has 12 heavy (non-hydrogen) atoms. The van der Waals surface area contributed by atoms with Crippen LogP contribution in [0.1, 0.15) is 0 Å². The van der Waals surface area contributed by atoms with Gasteiger partial charge < -0.3 is 16.6 Å². The Hall–Kier alpha value is 0.320. The summed E-state index contributed by atoms with van der Waals surface area (Å²) >= 11 is 1.46. The van der Waals surface area contributed by atoms with Gasteiger partial charge in [-0.3, -0.25) is 4.79 Å². The van der Waals surface area contributed by atoms with Crippen molar-refractivity contribution >= 4 is 42.5 Å². The zero-order valence-corrected chi connectivity index (χ0v) is 8.88. The molecule has 0 saturated heterocycles. The maximum Gasteiger partial charge on any atom is 0.321 e. The molecular formula is C5H14Cl2N2O2S. The fourth-order valence-electron chi connectivity index (χ4n) is 0.365. The van der Waals surface area contributed by atoms with Gasteiger partial charge in [-0.05, 0) is 0 Å². The Morgan fingerprint density at radius 1 is 1.50 bits per heavy atom. The molecule has 0 spiro atoms. The Kier molecular flexibility index (Phi) is 17.1. The Bertz CT molecular complexity index is 118. The van der Waals surface area contributed by atoms with Crippen LogP contribution in [-0.2, 0) is 4.79 Å². The van der Waals surface area contributed by atoms with Gasteiger partial charge in [0.1, 0.15) is 6.04 Å². The molecule has 0 unspecified atom stereocenters. The van der Waals surface area contributed by atoms with E-state index in [1.807, 2.05) is 0 Å². The fourth-order valence-corrected chi connectivity index (χ4v) is 1.09. The van der Waals surface area contributed by atoms with Crippen molar-refractivity contribution in [1.29, 1.82) is 0 Å². The van der Waals surface area contributed by atoms with Gasteiger partial charge >= 0.3 is 5.97 Å². The quantitative estimate of drug-likeness (QED) is 0.582. The van der Waals surface area contributed by atoms with Crippen LogP contribution in [0.4, 0.5) is 0 Å². The summed E-state index contributed by atoms with van der Waals surface area (Å²) in [5, 5.41) is 8.31. The Morgan fingerprint density at radius 3 is 2.33 bits per heavy atom. The molecule has 0 heterocycles. The van der Waals surface area contributed by atoms with Gasteiger partial charge in [-0.15, -0.1) is 24.8 Å². The molecule has 0 aliphatic rings. The first kappa shape index (κ1) is 18.2. The Morgan fingerprint density at radius 2 is 2.00 bits per heavy atom. The number of carboxylic acids is 1. The van der Waals surface area contributed by atoms with E-state index in [9.17, 15) is 4.79 Å². The molecule has 0 radical (unpaired) electrons. The molecule has 0 aromatic heterocycles. The molecule has 0 amide bonds. The lowest BCUT2D eigenvalue weighted by atomic mass is 10.4. The van der Waals surface area contributed by atoms with Crippen molar-refractivity contribution in [2.45, 2.75) is 6.04 Å². The van der Waals surface area contributed by atoms with E-state index in [0.29, 0.717) is 12.3 Å². The third-order valence-electron chi connectivity index (χ3n) is 0.877. The second-order valence-electron chi connectivity index (χ2n) is 1.81. The summed E-state index contributed by atoms with van der Waals surface area (Å²) in [6.07, 6.45) is 0. The lowest BCUT2D eigenvalue weighted by Crippen LogP contribution is -2.32. The molecule has 0 bridgehead atoms. The van der Waals surface area contributed by atoms with E-state index in [1.165, 1.54) is 11.8 Å². The van der Waals surface area contributed by atoms with Crippen LogP contribution in [0.5, 0.6) is 0 Å². The largest absolute Gasteiger partial charge is 0.480 e. The highest BCUT2D eigenvalue weighted by atomic mass is 35.5. The van der Waals surface area contributed by atoms with E-state index in [1.54, 1.807) is 0 Å². The van der Waals surface area contributed by atoms with Gasteiger partial charge in [-0.25, -0.2) is 0 Å². The average Bonchev–Trinajstić information content (AvgIpc) is 1.88. The number of rotatable bonds is 5. The summed E-state index contributed by atoms with van der Waals surface area (Å²) in [5.74, 6) is 0.248. The molecule has 0 aliphatic carbocycles. The minimum absolute atomic E-state index is 0.